The summed E-state index contributed by atoms with van der Waals surface area (Å²) in [5.74, 6) is 0. The summed E-state index contributed by atoms with van der Waals surface area (Å²) in [5.41, 5.74) is 19.5. The fourth-order valence-electron chi connectivity index (χ4n) is 6.61. The summed E-state index contributed by atoms with van der Waals surface area (Å²) in [6, 6.07) is 28.4. The van der Waals surface area contributed by atoms with E-state index < -0.39 is 0 Å². The summed E-state index contributed by atoms with van der Waals surface area (Å²) < 4.78 is 1.19. The van der Waals surface area contributed by atoms with Gasteiger partial charge < -0.3 is 0 Å². The van der Waals surface area contributed by atoms with Gasteiger partial charge in [-0.3, -0.25) is 0 Å². The second kappa shape index (κ2) is 12.1. The number of rotatable bonds is 2. The Morgan fingerprint density at radius 1 is 0.372 bits per heavy atom. The summed E-state index contributed by atoms with van der Waals surface area (Å²) >= 11 is 3.85. The smallest absolute Gasteiger partial charge is 0.0332 e. The van der Waals surface area contributed by atoms with E-state index in [1.807, 2.05) is 0 Å². The molecule has 6 aromatic rings. The standard InChI is InChI=1S/C21H21Br.C21H22/c1-12-13(2)15(4)20(16(5)14(12)3)19-11-10-17-8-6-7-9-18(17)21(19)22;1-13-14(2)16(4)21(17(5)15(13)3)20-11-10-18-8-6-7-9-19(18)12-20/h6-11H,1-5H3;6-12H,1-5H3. The highest BCUT2D eigenvalue weighted by Crippen LogP contribution is 2.40. The molecule has 0 spiro atoms. The van der Waals surface area contributed by atoms with E-state index in [4.69, 9.17) is 0 Å². The first kappa shape index (κ1) is 30.8. The highest BCUT2D eigenvalue weighted by Gasteiger charge is 2.17. The fourth-order valence-corrected chi connectivity index (χ4v) is 7.30. The first-order valence-electron chi connectivity index (χ1n) is 15.2. The molecule has 0 fully saturated rings. The summed E-state index contributed by atoms with van der Waals surface area (Å²) in [4.78, 5) is 0. The van der Waals surface area contributed by atoms with Crippen molar-refractivity contribution in [2.45, 2.75) is 69.2 Å². The van der Waals surface area contributed by atoms with Crippen molar-refractivity contribution in [3.63, 3.8) is 0 Å². The number of hydrogen-bond acceptors (Lipinski definition) is 0. The first-order chi connectivity index (χ1) is 20.4. The van der Waals surface area contributed by atoms with Crippen LogP contribution in [0.3, 0.4) is 0 Å². The molecule has 6 aromatic carbocycles. The van der Waals surface area contributed by atoms with E-state index in [0.717, 1.165) is 0 Å². The Balaban J connectivity index is 0.000000171. The molecule has 0 atom stereocenters. The molecular weight excluding hydrogens is 584 g/mol. The molecule has 0 heterocycles. The van der Waals surface area contributed by atoms with Gasteiger partial charge in [-0.25, -0.2) is 0 Å². The molecule has 218 valence electrons. The molecule has 0 aromatic heterocycles. The molecule has 0 unspecified atom stereocenters. The second-order valence-electron chi connectivity index (χ2n) is 12.2. The van der Waals surface area contributed by atoms with Crippen molar-refractivity contribution < 1.29 is 0 Å². The van der Waals surface area contributed by atoms with Gasteiger partial charge in [0.05, 0.1) is 0 Å². The molecule has 0 nitrogen and oxygen atoms in total. The molecule has 0 aliphatic rings. The monoisotopic (exact) mass is 626 g/mol. The van der Waals surface area contributed by atoms with Gasteiger partial charge in [0, 0.05) is 4.47 Å². The largest absolute Gasteiger partial charge is 0.0616 e. The maximum Gasteiger partial charge on any atom is 0.0332 e. The van der Waals surface area contributed by atoms with E-state index >= 15 is 0 Å². The lowest BCUT2D eigenvalue weighted by Gasteiger charge is -2.20. The van der Waals surface area contributed by atoms with Crippen molar-refractivity contribution in [1.29, 1.82) is 0 Å². The van der Waals surface area contributed by atoms with Crippen LogP contribution in [0.25, 0.3) is 43.8 Å². The van der Waals surface area contributed by atoms with Crippen LogP contribution in [0.4, 0.5) is 0 Å². The van der Waals surface area contributed by atoms with Crippen LogP contribution in [-0.4, -0.2) is 0 Å². The second-order valence-corrected chi connectivity index (χ2v) is 13.0. The molecule has 0 saturated carbocycles. The van der Waals surface area contributed by atoms with Gasteiger partial charge in [0.2, 0.25) is 0 Å². The average molecular weight is 628 g/mol. The van der Waals surface area contributed by atoms with Crippen LogP contribution >= 0.6 is 15.9 Å². The predicted molar refractivity (Wildman–Crippen MR) is 194 cm³/mol. The van der Waals surface area contributed by atoms with Gasteiger partial charge >= 0.3 is 0 Å². The Kier molecular flexibility index (Phi) is 8.68. The van der Waals surface area contributed by atoms with Gasteiger partial charge in [0.15, 0.2) is 0 Å². The molecule has 0 N–H and O–H groups in total. The number of halogens is 1. The Morgan fingerprint density at radius 2 is 0.791 bits per heavy atom. The van der Waals surface area contributed by atoms with E-state index in [0.29, 0.717) is 0 Å². The van der Waals surface area contributed by atoms with Gasteiger partial charge in [-0.2, -0.15) is 0 Å². The fraction of sp³-hybridized carbons (Fsp3) is 0.238. The zero-order valence-electron chi connectivity index (χ0n) is 27.4. The van der Waals surface area contributed by atoms with Gasteiger partial charge in [-0.05, 0) is 191 Å². The minimum absolute atomic E-state index is 1.19. The normalized spacial score (nSPS) is 11.1. The number of benzene rings is 6. The van der Waals surface area contributed by atoms with Gasteiger partial charge in [-0.15, -0.1) is 0 Å². The molecule has 0 radical (unpaired) electrons. The molecule has 0 aliphatic carbocycles. The van der Waals surface area contributed by atoms with E-state index in [1.165, 1.54) is 104 Å². The van der Waals surface area contributed by atoms with Crippen LogP contribution < -0.4 is 0 Å². The van der Waals surface area contributed by atoms with E-state index in [2.05, 4.69) is 164 Å². The predicted octanol–water partition coefficient (Wildman–Crippen LogP) is 12.9. The summed E-state index contributed by atoms with van der Waals surface area (Å²) in [6.45, 7) is 22.4. The van der Waals surface area contributed by atoms with Crippen molar-refractivity contribution in [2.75, 3.05) is 0 Å². The molecule has 1 heteroatoms. The highest BCUT2D eigenvalue weighted by atomic mass is 79.9. The van der Waals surface area contributed by atoms with Gasteiger partial charge in [-0.1, -0.05) is 72.8 Å². The van der Waals surface area contributed by atoms with Crippen molar-refractivity contribution in [1.82, 2.24) is 0 Å². The van der Waals surface area contributed by atoms with Crippen LogP contribution in [0, 0.1) is 69.2 Å². The average Bonchev–Trinajstić information content (AvgIpc) is 3.02. The topological polar surface area (TPSA) is 0 Å². The van der Waals surface area contributed by atoms with Crippen LogP contribution in [0.2, 0.25) is 0 Å². The Labute approximate surface area is 266 Å². The van der Waals surface area contributed by atoms with Crippen LogP contribution in [0.5, 0.6) is 0 Å². The third kappa shape index (κ3) is 5.45. The Bertz CT molecular complexity index is 1960. The molecular formula is C42H43Br. The summed E-state index contributed by atoms with van der Waals surface area (Å²) in [5, 5.41) is 5.16. The Morgan fingerprint density at radius 3 is 1.35 bits per heavy atom. The van der Waals surface area contributed by atoms with E-state index in [-0.39, 0.29) is 0 Å². The van der Waals surface area contributed by atoms with Crippen LogP contribution in [0.1, 0.15) is 55.6 Å². The lowest BCUT2D eigenvalue weighted by Crippen LogP contribution is -2.00. The van der Waals surface area contributed by atoms with Crippen LogP contribution in [0.15, 0.2) is 83.3 Å². The van der Waals surface area contributed by atoms with Gasteiger partial charge in [0.1, 0.15) is 0 Å². The summed E-state index contributed by atoms with van der Waals surface area (Å²) in [7, 11) is 0. The molecule has 0 bridgehead atoms. The third-order valence-corrected chi connectivity index (χ3v) is 11.0. The van der Waals surface area contributed by atoms with E-state index in [9.17, 15) is 0 Å². The van der Waals surface area contributed by atoms with Crippen molar-refractivity contribution in [2.24, 2.45) is 0 Å². The van der Waals surface area contributed by atoms with Gasteiger partial charge in [0.25, 0.3) is 0 Å². The van der Waals surface area contributed by atoms with Crippen LogP contribution in [-0.2, 0) is 0 Å². The minimum Gasteiger partial charge on any atom is -0.0616 e. The summed E-state index contributed by atoms with van der Waals surface area (Å²) in [6.07, 6.45) is 0. The third-order valence-electron chi connectivity index (χ3n) is 10.2. The van der Waals surface area contributed by atoms with Crippen molar-refractivity contribution in [3.8, 4) is 22.3 Å². The minimum atomic E-state index is 1.19. The van der Waals surface area contributed by atoms with E-state index in [1.54, 1.807) is 0 Å². The number of hydrogen-bond donors (Lipinski definition) is 0. The highest BCUT2D eigenvalue weighted by molar-refractivity contribution is 9.10. The lowest BCUT2D eigenvalue weighted by molar-refractivity contribution is 1.18. The zero-order chi connectivity index (χ0) is 31.2. The lowest BCUT2D eigenvalue weighted by atomic mass is 9.86. The Hall–Kier alpha value is -3.68. The molecule has 43 heavy (non-hydrogen) atoms. The molecule has 0 amide bonds. The zero-order valence-corrected chi connectivity index (χ0v) is 29.0. The SMILES string of the molecule is Cc1c(C)c(C)c(-c2ccc3ccccc3c2)c(C)c1C.Cc1c(C)c(C)c(-c2ccc3ccccc3c2Br)c(C)c1C. The molecule has 0 aliphatic heterocycles. The molecule has 6 rings (SSSR count). The van der Waals surface area contributed by atoms with Crippen molar-refractivity contribution in [3.05, 3.63) is 139 Å². The van der Waals surface area contributed by atoms with Crippen molar-refractivity contribution >= 4 is 37.5 Å². The first-order valence-corrected chi connectivity index (χ1v) is 16.0. The maximum absolute atomic E-state index is 3.85. The molecule has 0 saturated heterocycles. The maximum atomic E-state index is 3.85. The quantitative estimate of drug-likeness (QED) is 0.179. The number of fused-ring (bicyclic) bond motifs is 2.